The van der Waals surface area contributed by atoms with Crippen LogP contribution in [0.5, 0.6) is 0 Å². The van der Waals surface area contributed by atoms with E-state index >= 15 is 0 Å². The fourth-order valence-corrected chi connectivity index (χ4v) is 4.09. The Labute approximate surface area is 218 Å². The minimum atomic E-state index is -1.00. The van der Waals surface area contributed by atoms with Crippen LogP contribution in [0.4, 0.5) is 10.5 Å². The van der Waals surface area contributed by atoms with Gasteiger partial charge in [0.2, 0.25) is 5.91 Å². The molecular formula is C28H36ClN3O4. The fourth-order valence-electron chi connectivity index (χ4n) is 3.82. The van der Waals surface area contributed by atoms with Crippen LogP contribution in [0, 0.1) is 20.8 Å². The molecule has 3 amide bonds. The van der Waals surface area contributed by atoms with Crippen LogP contribution < -0.4 is 10.6 Å². The summed E-state index contributed by atoms with van der Waals surface area (Å²) in [5.74, 6) is -0.894. The number of aryl methyl sites for hydroxylation is 3. The summed E-state index contributed by atoms with van der Waals surface area (Å²) < 4.78 is 5.29. The lowest BCUT2D eigenvalue weighted by Crippen LogP contribution is -2.51. The average Bonchev–Trinajstić information content (AvgIpc) is 2.75. The summed E-state index contributed by atoms with van der Waals surface area (Å²) in [5, 5.41) is 5.88. The van der Waals surface area contributed by atoms with Crippen molar-refractivity contribution in [2.45, 2.75) is 66.2 Å². The molecule has 0 saturated heterocycles. The number of para-hydroxylation sites is 1. The van der Waals surface area contributed by atoms with Gasteiger partial charge in [-0.15, -0.1) is 6.58 Å². The van der Waals surface area contributed by atoms with E-state index < -0.39 is 35.6 Å². The smallest absolute Gasteiger partial charge is 0.408 e. The maximum absolute atomic E-state index is 13.8. The second-order valence-electron chi connectivity index (χ2n) is 9.83. The van der Waals surface area contributed by atoms with Gasteiger partial charge in [-0.2, -0.15) is 0 Å². The molecule has 0 aliphatic rings. The molecular weight excluding hydrogens is 478 g/mol. The van der Waals surface area contributed by atoms with Gasteiger partial charge in [0.25, 0.3) is 5.91 Å². The third-order valence-electron chi connectivity index (χ3n) is 5.46. The van der Waals surface area contributed by atoms with Crippen LogP contribution in [0.15, 0.2) is 49.1 Å². The zero-order valence-corrected chi connectivity index (χ0v) is 22.8. The van der Waals surface area contributed by atoms with E-state index in [1.54, 1.807) is 45.9 Å². The first kappa shape index (κ1) is 28.9. The Morgan fingerprint density at radius 1 is 1.11 bits per heavy atom. The molecule has 2 rings (SSSR count). The van der Waals surface area contributed by atoms with Crippen LogP contribution in [0.25, 0.3) is 0 Å². The van der Waals surface area contributed by atoms with Crippen LogP contribution in [-0.4, -0.2) is 41.0 Å². The van der Waals surface area contributed by atoms with Crippen molar-refractivity contribution < 1.29 is 19.1 Å². The van der Waals surface area contributed by atoms with Crippen molar-refractivity contribution in [3.8, 4) is 0 Å². The summed E-state index contributed by atoms with van der Waals surface area (Å²) in [6.45, 7) is 16.3. The van der Waals surface area contributed by atoms with E-state index in [0.717, 1.165) is 16.7 Å². The monoisotopic (exact) mass is 513 g/mol. The average molecular weight is 514 g/mol. The Morgan fingerprint density at radius 2 is 1.78 bits per heavy atom. The third-order valence-corrected chi connectivity index (χ3v) is 5.78. The molecule has 7 nitrogen and oxygen atoms in total. The van der Waals surface area contributed by atoms with Gasteiger partial charge in [0.15, 0.2) is 0 Å². The maximum atomic E-state index is 13.8. The van der Waals surface area contributed by atoms with Gasteiger partial charge in [-0.3, -0.25) is 9.59 Å². The molecule has 0 fully saturated rings. The van der Waals surface area contributed by atoms with Crippen LogP contribution in [-0.2, 0) is 14.3 Å². The predicted octanol–water partition coefficient (Wildman–Crippen LogP) is 5.87. The van der Waals surface area contributed by atoms with Gasteiger partial charge in [-0.05, 0) is 71.2 Å². The molecule has 0 radical (unpaired) electrons. The number of hydrogen-bond acceptors (Lipinski definition) is 4. The minimum absolute atomic E-state index is 0.0755. The van der Waals surface area contributed by atoms with Crippen LogP contribution >= 0.6 is 11.6 Å². The van der Waals surface area contributed by atoms with Crippen molar-refractivity contribution in [2.24, 2.45) is 0 Å². The first-order valence-electron chi connectivity index (χ1n) is 11.8. The van der Waals surface area contributed by atoms with E-state index in [2.05, 4.69) is 17.2 Å². The highest BCUT2D eigenvalue weighted by atomic mass is 35.5. The van der Waals surface area contributed by atoms with Crippen LogP contribution in [0.3, 0.4) is 0 Å². The number of benzene rings is 2. The molecule has 8 heteroatoms. The lowest BCUT2D eigenvalue weighted by atomic mass is 9.96. The Kier molecular flexibility index (Phi) is 9.70. The summed E-state index contributed by atoms with van der Waals surface area (Å²) in [5.41, 5.74) is 3.07. The third kappa shape index (κ3) is 7.59. The summed E-state index contributed by atoms with van der Waals surface area (Å²) in [7, 11) is 0. The van der Waals surface area contributed by atoms with E-state index in [9.17, 15) is 14.4 Å². The molecule has 2 atom stereocenters. The molecule has 2 N–H and O–H groups in total. The van der Waals surface area contributed by atoms with Gasteiger partial charge in [0, 0.05) is 6.54 Å². The molecule has 0 aliphatic heterocycles. The van der Waals surface area contributed by atoms with E-state index in [0.29, 0.717) is 16.3 Å². The number of nitrogens with one attached hydrogen (secondary N) is 2. The first-order valence-corrected chi connectivity index (χ1v) is 12.2. The molecule has 2 unspecified atom stereocenters. The number of alkyl carbamates (subject to hydrolysis) is 1. The molecule has 0 aromatic heterocycles. The molecule has 0 aliphatic carbocycles. The van der Waals surface area contributed by atoms with E-state index in [4.69, 9.17) is 16.3 Å². The van der Waals surface area contributed by atoms with Gasteiger partial charge in [0.1, 0.15) is 17.7 Å². The summed E-state index contributed by atoms with van der Waals surface area (Å²) >= 11 is 6.37. The normalized spacial score (nSPS) is 12.8. The molecule has 2 aromatic carbocycles. The van der Waals surface area contributed by atoms with Crippen LogP contribution in [0.1, 0.15) is 56.0 Å². The van der Waals surface area contributed by atoms with Gasteiger partial charge >= 0.3 is 6.09 Å². The molecule has 2 aromatic rings. The first-order chi connectivity index (χ1) is 16.7. The Balaban J connectivity index is 2.50. The summed E-state index contributed by atoms with van der Waals surface area (Å²) in [4.78, 5) is 41.1. The van der Waals surface area contributed by atoms with Crippen molar-refractivity contribution in [1.82, 2.24) is 10.2 Å². The van der Waals surface area contributed by atoms with Crippen molar-refractivity contribution in [2.75, 3.05) is 11.9 Å². The number of hydrogen-bond donors (Lipinski definition) is 2. The van der Waals surface area contributed by atoms with Gasteiger partial charge in [0.05, 0.1) is 10.7 Å². The highest BCUT2D eigenvalue weighted by Crippen LogP contribution is 2.31. The number of halogens is 1. The Hall–Kier alpha value is -3.32. The van der Waals surface area contributed by atoms with Crippen molar-refractivity contribution in [3.63, 3.8) is 0 Å². The van der Waals surface area contributed by atoms with E-state index in [1.807, 2.05) is 45.0 Å². The molecule has 194 valence electrons. The lowest BCUT2D eigenvalue weighted by molar-refractivity contribution is -0.139. The predicted molar refractivity (Wildman–Crippen MR) is 144 cm³/mol. The number of nitrogens with zero attached hydrogens (tertiary/aromatic N) is 1. The molecule has 0 heterocycles. The van der Waals surface area contributed by atoms with Crippen molar-refractivity contribution in [1.29, 1.82) is 0 Å². The standard InChI is InChI=1S/C28H36ClN3O4/c1-9-15-32(26(34)20(5)30-27(35)36-28(6,7)8)24(21-14-13-17(2)16-19(21)4)25(33)31-23-18(3)11-10-12-22(23)29/h9-14,16,20,24H,1,15H2,2-8H3,(H,30,35)(H,31,33). The second-order valence-corrected chi connectivity index (χ2v) is 10.2. The van der Waals surface area contributed by atoms with Crippen LogP contribution in [0.2, 0.25) is 5.02 Å². The highest BCUT2D eigenvalue weighted by molar-refractivity contribution is 6.34. The number of carbonyl (C=O) groups is 3. The molecule has 36 heavy (non-hydrogen) atoms. The summed E-state index contributed by atoms with van der Waals surface area (Å²) in [6.07, 6.45) is 0.823. The number of rotatable bonds is 8. The lowest BCUT2D eigenvalue weighted by Gasteiger charge is -2.34. The minimum Gasteiger partial charge on any atom is -0.444 e. The van der Waals surface area contributed by atoms with Gasteiger partial charge < -0.3 is 20.3 Å². The summed E-state index contributed by atoms with van der Waals surface area (Å²) in [6, 6.07) is 9.05. The zero-order chi connectivity index (χ0) is 27.2. The highest BCUT2D eigenvalue weighted by Gasteiger charge is 2.35. The molecule has 0 saturated carbocycles. The Bertz CT molecular complexity index is 1120. The Morgan fingerprint density at radius 3 is 2.33 bits per heavy atom. The maximum Gasteiger partial charge on any atom is 0.408 e. The number of amides is 3. The van der Waals surface area contributed by atoms with Gasteiger partial charge in [-0.1, -0.05) is 53.6 Å². The largest absolute Gasteiger partial charge is 0.444 e. The quantitative estimate of drug-likeness (QED) is 0.432. The second kappa shape index (κ2) is 12.1. The fraction of sp³-hybridized carbons (Fsp3) is 0.393. The van der Waals surface area contributed by atoms with Crippen molar-refractivity contribution in [3.05, 3.63) is 76.3 Å². The van der Waals surface area contributed by atoms with E-state index in [1.165, 1.54) is 4.90 Å². The van der Waals surface area contributed by atoms with E-state index in [-0.39, 0.29) is 6.54 Å². The molecule has 0 bridgehead atoms. The zero-order valence-electron chi connectivity index (χ0n) is 22.1. The molecule has 0 spiro atoms. The number of anilines is 1. The van der Waals surface area contributed by atoms with Crippen molar-refractivity contribution >= 4 is 35.2 Å². The number of ether oxygens (including phenoxy) is 1. The number of carbonyl (C=O) groups excluding carboxylic acids is 3. The SMILES string of the molecule is C=CCN(C(=O)C(C)NC(=O)OC(C)(C)C)C(C(=O)Nc1c(C)cccc1Cl)c1ccc(C)cc1C. The van der Waals surface area contributed by atoms with Gasteiger partial charge in [-0.25, -0.2) is 4.79 Å². The topological polar surface area (TPSA) is 87.7 Å².